The second-order valence-corrected chi connectivity index (χ2v) is 7.69. The molecule has 0 fully saturated rings. The molecule has 0 unspecified atom stereocenters. The van der Waals surface area contributed by atoms with E-state index in [1.807, 2.05) is 24.4 Å². The molecule has 0 aliphatic carbocycles. The number of amides is 1. The molecule has 0 aliphatic rings. The van der Waals surface area contributed by atoms with Crippen LogP contribution < -0.4 is 10.9 Å². The normalized spacial score (nSPS) is 11.1. The Morgan fingerprint density at radius 2 is 2.04 bits per heavy atom. The fourth-order valence-electron chi connectivity index (χ4n) is 2.99. The molecule has 0 radical (unpaired) electrons. The fraction of sp³-hybridized carbons (Fsp3) is 0.158. The number of pyridine rings is 1. The maximum absolute atomic E-state index is 12.5. The van der Waals surface area contributed by atoms with E-state index >= 15 is 0 Å². The molecule has 1 aromatic carbocycles. The first kappa shape index (κ1) is 18.4. The number of thiazole rings is 1. The second kappa shape index (κ2) is 7.21. The van der Waals surface area contributed by atoms with Gasteiger partial charge in [-0.25, -0.2) is 9.97 Å². The van der Waals surface area contributed by atoms with E-state index in [0.29, 0.717) is 21.2 Å². The van der Waals surface area contributed by atoms with Crippen LogP contribution in [0.15, 0.2) is 47.0 Å². The molecule has 9 heteroatoms. The number of benzene rings is 1. The molecule has 4 rings (SSSR count). The van der Waals surface area contributed by atoms with Crippen molar-refractivity contribution in [3.63, 3.8) is 0 Å². The van der Waals surface area contributed by atoms with Crippen molar-refractivity contribution in [1.29, 1.82) is 0 Å². The Kier molecular flexibility index (Phi) is 4.74. The zero-order chi connectivity index (χ0) is 19.8. The molecule has 0 saturated carbocycles. The summed E-state index contributed by atoms with van der Waals surface area (Å²) in [7, 11) is 1.68. The third-order valence-electron chi connectivity index (χ3n) is 4.33. The average Bonchev–Trinajstić information content (AvgIpc) is 3.28. The highest BCUT2D eigenvalue weighted by atomic mass is 35.5. The van der Waals surface area contributed by atoms with Gasteiger partial charge in [-0.1, -0.05) is 23.7 Å². The van der Waals surface area contributed by atoms with Gasteiger partial charge >= 0.3 is 0 Å². The number of fused-ring (bicyclic) bond motifs is 1. The van der Waals surface area contributed by atoms with Gasteiger partial charge in [0.1, 0.15) is 12.1 Å². The van der Waals surface area contributed by atoms with Gasteiger partial charge in [-0.2, -0.15) is 0 Å². The van der Waals surface area contributed by atoms with Crippen LogP contribution >= 0.6 is 22.9 Å². The highest BCUT2D eigenvalue weighted by Gasteiger charge is 2.14. The van der Waals surface area contributed by atoms with Crippen molar-refractivity contribution >= 4 is 45.0 Å². The van der Waals surface area contributed by atoms with Crippen LogP contribution in [0.25, 0.3) is 22.3 Å². The summed E-state index contributed by atoms with van der Waals surface area (Å²) in [6, 6.07) is 7.33. The first-order valence-corrected chi connectivity index (χ1v) is 9.70. The van der Waals surface area contributed by atoms with Crippen LogP contribution in [-0.2, 0) is 18.4 Å². The van der Waals surface area contributed by atoms with E-state index < -0.39 is 0 Å². The SMILES string of the molecule is Cc1cn(C)c(=O)c2c1ncn2CC(=O)Nc1nc(-c2ccc(Cl)cc2)cs1. The largest absolute Gasteiger partial charge is 0.317 e. The zero-order valence-electron chi connectivity index (χ0n) is 15.1. The summed E-state index contributed by atoms with van der Waals surface area (Å²) >= 11 is 7.24. The minimum absolute atomic E-state index is 0.0228. The van der Waals surface area contributed by atoms with Gasteiger partial charge in [0.05, 0.1) is 17.5 Å². The molecule has 7 nitrogen and oxygen atoms in total. The summed E-state index contributed by atoms with van der Waals surface area (Å²) in [5.41, 5.74) is 3.39. The highest BCUT2D eigenvalue weighted by Crippen LogP contribution is 2.26. The molecule has 1 N–H and O–H groups in total. The van der Waals surface area contributed by atoms with E-state index in [9.17, 15) is 9.59 Å². The summed E-state index contributed by atoms with van der Waals surface area (Å²) in [4.78, 5) is 33.6. The maximum atomic E-state index is 12.5. The minimum atomic E-state index is -0.278. The van der Waals surface area contributed by atoms with Crippen LogP contribution in [0.3, 0.4) is 0 Å². The number of nitrogens with one attached hydrogen (secondary N) is 1. The van der Waals surface area contributed by atoms with Crippen LogP contribution in [0.4, 0.5) is 5.13 Å². The lowest BCUT2D eigenvalue weighted by Gasteiger charge is -2.06. The number of hydrogen-bond acceptors (Lipinski definition) is 5. The van der Waals surface area contributed by atoms with Gasteiger partial charge in [-0.05, 0) is 24.6 Å². The van der Waals surface area contributed by atoms with Gasteiger partial charge in [-0.3, -0.25) is 9.59 Å². The van der Waals surface area contributed by atoms with Gasteiger partial charge in [0.15, 0.2) is 5.13 Å². The smallest absolute Gasteiger partial charge is 0.276 e. The monoisotopic (exact) mass is 413 g/mol. The van der Waals surface area contributed by atoms with E-state index in [1.54, 1.807) is 29.9 Å². The number of anilines is 1. The summed E-state index contributed by atoms with van der Waals surface area (Å²) in [6.45, 7) is 1.86. The Balaban J connectivity index is 1.54. The van der Waals surface area contributed by atoms with Gasteiger partial charge in [0, 0.05) is 29.2 Å². The zero-order valence-corrected chi connectivity index (χ0v) is 16.7. The quantitative estimate of drug-likeness (QED) is 0.555. The summed E-state index contributed by atoms with van der Waals surface area (Å²) in [6.07, 6.45) is 3.25. The van der Waals surface area contributed by atoms with Crippen molar-refractivity contribution in [2.75, 3.05) is 5.32 Å². The number of aromatic nitrogens is 4. The molecular weight excluding hydrogens is 398 g/mol. The predicted octanol–water partition coefficient (Wildman–Crippen LogP) is 3.46. The number of carbonyl (C=O) groups excluding carboxylic acids is 1. The Labute approximate surface area is 169 Å². The molecule has 28 heavy (non-hydrogen) atoms. The fourth-order valence-corrected chi connectivity index (χ4v) is 3.85. The Bertz CT molecular complexity index is 1240. The molecule has 4 aromatic rings. The van der Waals surface area contributed by atoms with Crippen molar-refractivity contribution in [2.45, 2.75) is 13.5 Å². The van der Waals surface area contributed by atoms with Crippen LogP contribution in [-0.4, -0.2) is 25.0 Å². The van der Waals surface area contributed by atoms with Crippen LogP contribution in [0.2, 0.25) is 5.02 Å². The molecule has 0 saturated heterocycles. The van der Waals surface area contributed by atoms with E-state index in [-0.39, 0.29) is 18.0 Å². The number of halogens is 1. The number of carbonyl (C=O) groups is 1. The number of nitrogens with zero attached hydrogens (tertiary/aromatic N) is 4. The third-order valence-corrected chi connectivity index (χ3v) is 5.34. The van der Waals surface area contributed by atoms with Gasteiger partial charge < -0.3 is 14.5 Å². The minimum Gasteiger partial charge on any atom is -0.317 e. The van der Waals surface area contributed by atoms with E-state index in [0.717, 1.165) is 16.8 Å². The molecule has 142 valence electrons. The second-order valence-electron chi connectivity index (χ2n) is 6.39. The number of hydrogen-bond donors (Lipinski definition) is 1. The lowest BCUT2D eigenvalue weighted by atomic mass is 10.2. The van der Waals surface area contributed by atoms with E-state index in [4.69, 9.17) is 11.6 Å². The molecule has 0 aliphatic heterocycles. The third kappa shape index (κ3) is 3.44. The maximum Gasteiger partial charge on any atom is 0.276 e. The van der Waals surface area contributed by atoms with Gasteiger partial charge in [0.2, 0.25) is 5.91 Å². The van der Waals surface area contributed by atoms with Crippen molar-refractivity contribution in [1.82, 2.24) is 19.1 Å². The first-order chi connectivity index (χ1) is 13.4. The van der Waals surface area contributed by atoms with Crippen LogP contribution in [0.1, 0.15) is 5.56 Å². The number of aryl methyl sites for hydroxylation is 2. The molecular formula is C19H16ClN5O2S. The summed E-state index contributed by atoms with van der Waals surface area (Å²) in [5.74, 6) is -0.278. The van der Waals surface area contributed by atoms with Crippen molar-refractivity contribution in [3.8, 4) is 11.3 Å². The highest BCUT2D eigenvalue weighted by molar-refractivity contribution is 7.14. The predicted molar refractivity (Wildman–Crippen MR) is 111 cm³/mol. The average molecular weight is 414 g/mol. The van der Waals surface area contributed by atoms with E-state index in [1.165, 1.54) is 22.2 Å². The molecule has 1 amide bonds. The molecule has 3 heterocycles. The van der Waals surface area contributed by atoms with Crippen LogP contribution in [0.5, 0.6) is 0 Å². The molecule has 0 spiro atoms. The lowest BCUT2D eigenvalue weighted by Crippen LogP contribution is -2.23. The Hall–Kier alpha value is -2.97. The summed E-state index contributed by atoms with van der Waals surface area (Å²) in [5, 5.41) is 5.79. The number of imidazole rings is 1. The standard InChI is InChI=1S/C19H16ClN5O2S/c1-11-7-24(2)18(27)17-16(11)21-10-25(17)8-15(26)23-19-22-14(9-28-19)12-3-5-13(20)6-4-12/h3-7,9-10H,8H2,1-2H3,(H,22,23,26). The molecule has 0 atom stereocenters. The Morgan fingerprint density at radius 3 is 2.79 bits per heavy atom. The van der Waals surface area contributed by atoms with Crippen molar-refractivity contribution < 1.29 is 4.79 Å². The molecule has 3 aromatic heterocycles. The molecule has 0 bridgehead atoms. The van der Waals surface area contributed by atoms with Crippen molar-refractivity contribution in [3.05, 3.63) is 63.1 Å². The first-order valence-electron chi connectivity index (χ1n) is 8.45. The number of rotatable bonds is 4. The van der Waals surface area contributed by atoms with Gasteiger partial charge in [-0.15, -0.1) is 11.3 Å². The van der Waals surface area contributed by atoms with E-state index in [2.05, 4.69) is 15.3 Å². The van der Waals surface area contributed by atoms with Gasteiger partial charge in [0.25, 0.3) is 5.56 Å². The van der Waals surface area contributed by atoms with Crippen LogP contribution in [0, 0.1) is 6.92 Å². The topological polar surface area (TPSA) is 81.8 Å². The Morgan fingerprint density at radius 1 is 1.29 bits per heavy atom. The lowest BCUT2D eigenvalue weighted by molar-refractivity contribution is -0.116. The van der Waals surface area contributed by atoms with Crippen molar-refractivity contribution in [2.24, 2.45) is 7.05 Å². The summed E-state index contributed by atoms with van der Waals surface area (Å²) < 4.78 is 3.06.